The van der Waals surface area contributed by atoms with Gasteiger partial charge in [0, 0.05) is 6.07 Å². The number of amides is 3. The van der Waals surface area contributed by atoms with Crippen molar-refractivity contribution in [3.63, 3.8) is 0 Å². The van der Waals surface area contributed by atoms with Gasteiger partial charge >= 0.3 is 0 Å². The van der Waals surface area contributed by atoms with Crippen molar-refractivity contribution in [3.8, 4) is 0 Å². The summed E-state index contributed by atoms with van der Waals surface area (Å²) in [6, 6.07) is 13.0. The number of nitrogens with zero attached hydrogens (tertiary/aromatic N) is 2. The first-order valence-electron chi connectivity index (χ1n) is 8.92. The molecule has 1 heterocycles. The molecule has 2 aromatic carbocycles. The summed E-state index contributed by atoms with van der Waals surface area (Å²) in [6.45, 7) is 1.50. The Bertz CT molecular complexity index is 942. The minimum atomic E-state index is -0.825. The summed E-state index contributed by atoms with van der Waals surface area (Å²) in [5, 5.41) is 14.0. The Morgan fingerprint density at radius 1 is 1.11 bits per heavy atom. The number of nitro groups is 1. The molecule has 1 atom stereocenters. The number of carbonyl (C=O) groups is 3. The lowest BCUT2D eigenvalue weighted by molar-refractivity contribution is -0.385. The van der Waals surface area contributed by atoms with Crippen molar-refractivity contribution in [3.05, 3.63) is 75.3 Å². The molecule has 0 aliphatic carbocycles. The molecule has 0 spiro atoms. The SMILES string of the molecule is CCC[C@@H](NC(=O)CN1C(=O)c2cccc([N+](=O)[O-])c2C1=O)c1ccccc1. The largest absolute Gasteiger partial charge is 0.348 e. The van der Waals surface area contributed by atoms with Crippen LogP contribution in [0.15, 0.2) is 48.5 Å². The Morgan fingerprint density at radius 2 is 1.82 bits per heavy atom. The van der Waals surface area contributed by atoms with Gasteiger partial charge in [0.2, 0.25) is 5.91 Å². The predicted octanol–water partition coefficient (Wildman–Crippen LogP) is 2.85. The molecule has 3 rings (SSSR count). The molecular formula is C20H19N3O5. The molecule has 0 radical (unpaired) electrons. The highest BCUT2D eigenvalue weighted by atomic mass is 16.6. The molecule has 8 heteroatoms. The minimum Gasteiger partial charge on any atom is -0.348 e. The Kier molecular flexibility index (Phi) is 5.49. The third-order valence-electron chi connectivity index (χ3n) is 4.59. The number of imide groups is 1. The lowest BCUT2D eigenvalue weighted by Crippen LogP contribution is -2.41. The molecule has 0 saturated heterocycles. The van der Waals surface area contributed by atoms with Gasteiger partial charge in [-0.2, -0.15) is 0 Å². The quantitative estimate of drug-likeness (QED) is 0.450. The van der Waals surface area contributed by atoms with E-state index in [0.717, 1.165) is 16.9 Å². The number of benzene rings is 2. The molecule has 0 bridgehead atoms. The molecule has 3 amide bonds. The van der Waals surface area contributed by atoms with E-state index in [2.05, 4.69) is 5.32 Å². The van der Waals surface area contributed by atoms with Crippen molar-refractivity contribution in [2.45, 2.75) is 25.8 Å². The van der Waals surface area contributed by atoms with Crippen LogP contribution in [0.3, 0.4) is 0 Å². The molecule has 0 unspecified atom stereocenters. The second-order valence-corrected chi connectivity index (χ2v) is 6.47. The molecule has 8 nitrogen and oxygen atoms in total. The minimum absolute atomic E-state index is 0.0554. The Morgan fingerprint density at radius 3 is 2.46 bits per heavy atom. The van der Waals surface area contributed by atoms with Gasteiger partial charge in [-0.15, -0.1) is 0 Å². The number of nitro benzene ring substituents is 1. The Balaban J connectivity index is 1.77. The first-order chi connectivity index (χ1) is 13.4. The van der Waals surface area contributed by atoms with E-state index < -0.39 is 34.9 Å². The van der Waals surface area contributed by atoms with Crippen LogP contribution in [0, 0.1) is 10.1 Å². The van der Waals surface area contributed by atoms with Crippen molar-refractivity contribution < 1.29 is 19.3 Å². The maximum atomic E-state index is 12.6. The summed E-state index contributed by atoms with van der Waals surface area (Å²) in [4.78, 5) is 48.8. The van der Waals surface area contributed by atoms with Crippen LogP contribution < -0.4 is 5.32 Å². The maximum absolute atomic E-state index is 12.6. The van der Waals surface area contributed by atoms with E-state index in [1.165, 1.54) is 18.2 Å². The number of fused-ring (bicyclic) bond motifs is 1. The smallest absolute Gasteiger partial charge is 0.282 e. The highest BCUT2D eigenvalue weighted by Gasteiger charge is 2.41. The molecule has 1 aliphatic heterocycles. The number of hydrogen-bond acceptors (Lipinski definition) is 5. The molecule has 1 N–H and O–H groups in total. The van der Waals surface area contributed by atoms with Crippen molar-refractivity contribution >= 4 is 23.4 Å². The topological polar surface area (TPSA) is 110 Å². The van der Waals surface area contributed by atoms with Crippen molar-refractivity contribution in [1.82, 2.24) is 10.2 Å². The third-order valence-corrected chi connectivity index (χ3v) is 4.59. The predicted molar refractivity (Wildman–Crippen MR) is 101 cm³/mol. The first kappa shape index (κ1) is 19.2. The van der Waals surface area contributed by atoms with Crippen molar-refractivity contribution in [2.75, 3.05) is 6.54 Å². The van der Waals surface area contributed by atoms with Crippen LogP contribution in [-0.2, 0) is 4.79 Å². The van der Waals surface area contributed by atoms with Crippen LogP contribution in [0.1, 0.15) is 52.1 Å². The van der Waals surface area contributed by atoms with Gasteiger partial charge in [0.1, 0.15) is 12.1 Å². The van der Waals surface area contributed by atoms with E-state index in [0.29, 0.717) is 6.42 Å². The molecule has 0 fully saturated rings. The average molecular weight is 381 g/mol. The standard InChI is InChI=1S/C20H19N3O5/c1-2-7-15(13-8-4-3-5-9-13)21-17(24)12-22-19(25)14-10-6-11-16(23(27)28)18(14)20(22)26/h3-6,8-11,15H,2,7,12H2,1H3,(H,21,24)/t15-/m1/s1. The fourth-order valence-electron chi connectivity index (χ4n) is 3.29. The number of hydrogen-bond donors (Lipinski definition) is 1. The molecule has 1 aliphatic rings. The van der Waals surface area contributed by atoms with Crippen LogP contribution in [0.5, 0.6) is 0 Å². The molecule has 28 heavy (non-hydrogen) atoms. The van der Waals surface area contributed by atoms with Crippen molar-refractivity contribution in [2.24, 2.45) is 0 Å². The lowest BCUT2D eigenvalue weighted by atomic mass is 10.0. The van der Waals surface area contributed by atoms with Gasteiger partial charge in [-0.1, -0.05) is 49.7 Å². The van der Waals surface area contributed by atoms with Gasteiger partial charge < -0.3 is 5.32 Å². The van der Waals surface area contributed by atoms with Gasteiger partial charge in [0.15, 0.2) is 0 Å². The number of nitrogens with one attached hydrogen (secondary N) is 1. The van der Waals surface area contributed by atoms with Crippen LogP contribution in [0.25, 0.3) is 0 Å². The lowest BCUT2D eigenvalue weighted by Gasteiger charge is -2.20. The fourth-order valence-corrected chi connectivity index (χ4v) is 3.29. The highest BCUT2D eigenvalue weighted by Crippen LogP contribution is 2.30. The fraction of sp³-hybridized carbons (Fsp3) is 0.250. The zero-order valence-corrected chi connectivity index (χ0v) is 15.3. The summed E-state index contributed by atoms with van der Waals surface area (Å²) >= 11 is 0. The van der Waals surface area contributed by atoms with Crippen LogP contribution in [0.4, 0.5) is 5.69 Å². The van der Waals surface area contributed by atoms with Gasteiger partial charge in [-0.3, -0.25) is 29.4 Å². The molecular weight excluding hydrogens is 362 g/mol. The molecule has 2 aromatic rings. The molecule has 144 valence electrons. The Labute approximate surface area is 161 Å². The summed E-state index contributed by atoms with van der Waals surface area (Å²) in [7, 11) is 0. The van der Waals surface area contributed by atoms with Crippen LogP contribution in [-0.4, -0.2) is 34.1 Å². The normalized spacial score (nSPS) is 14.0. The highest BCUT2D eigenvalue weighted by molar-refractivity contribution is 6.24. The van der Waals surface area contributed by atoms with E-state index in [1.54, 1.807) is 0 Å². The van der Waals surface area contributed by atoms with E-state index in [-0.39, 0.29) is 17.2 Å². The third kappa shape index (κ3) is 3.62. The summed E-state index contributed by atoms with van der Waals surface area (Å²) in [5.74, 6) is -2.03. The second-order valence-electron chi connectivity index (χ2n) is 6.47. The van der Waals surface area contributed by atoms with E-state index in [1.807, 2.05) is 37.3 Å². The van der Waals surface area contributed by atoms with E-state index >= 15 is 0 Å². The zero-order chi connectivity index (χ0) is 20.3. The monoisotopic (exact) mass is 381 g/mol. The number of carbonyl (C=O) groups excluding carboxylic acids is 3. The van der Waals surface area contributed by atoms with Crippen molar-refractivity contribution in [1.29, 1.82) is 0 Å². The molecule has 0 saturated carbocycles. The first-order valence-corrected chi connectivity index (χ1v) is 8.92. The molecule has 0 aromatic heterocycles. The van der Waals surface area contributed by atoms with Crippen LogP contribution in [0.2, 0.25) is 0 Å². The van der Waals surface area contributed by atoms with E-state index in [9.17, 15) is 24.5 Å². The van der Waals surface area contributed by atoms with Crippen LogP contribution >= 0.6 is 0 Å². The van der Waals surface area contributed by atoms with E-state index in [4.69, 9.17) is 0 Å². The Hall–Kier alpha value is -3.55. The summed E-state index contributed by atoms with van der Waals surface area (Å²) < 4.78 is 0. The summed E-state index contributed by atoms with van der Waals surface area (Å²) in [5.41, 5.74) is 0.168. The van der Waals surface area contributed by atoms with Gasteiger partial charge in [-0.25, -0.2) is 0 Å². The van der Waals surface area contributed by atoms with Gasteiger partial charge in [0.05, 0.1) is 16.5 Å². The maximum Gasteiger partial charge on any atom is 0.282 e. The zero-order valence-electron chi connectivity index (χ0n) is 15.3. The average Bonchev–Trinajstić information content (AvgIpc) is 2.93. The summed E-state index contributed by atoms with van der Waals surface area (Å²) in [6.07, 6.45) is 1.53. The van der Waals surface area contributed by atoms with Gasteiger partial charge in [-0.05, 0) is 18.1 Å². The van der Waals surface area contributed by atoms with Gasteiger partial charge in [0.25, 0.3) is 17.5 Å². The second kappa shape index (κ2) is 7.99. The number of rotatable bonds is 7.